The number of fused-ring (bicyclic) bond motifs is 5. The molecule has 160 valence electrons. The van der Waals surface area contributed by atoms with Crippen molar-refractivity contribution in [2.75, 3.05) is 0 Å². The summed E-state index contributed by atoms with van der Waals surface area (Å²) in [5.74, 6) is -0.785. The number of isocyanates is 1. The van der Waals surface area contributed by atoms with Crippen LogP contribution in [0, 0.1) is 0 Å². The smallest absolute Gasteiger partial charge is 0.405 e. The summed E-state index contributed by atoms with van der Waals surface area (Å²) < 4.78 is 11.9. The number of halogens is 1. The summed E-state index contributed by atoms with van der Waals surface area (Å²) in [6.07, 6.45) is 1.57. The van der Waals surface area contributed by atoms with Crippen LogP contribution in [-0.4, -0.2) is 27.0 Å². The van der Waals surface area contributed by atoms with Crippen LogP contribution in [0.15, 0.2) is 40.1 Å². The molecule has 1 unspecified atom stereocenters. The van der Waals surface area contributed by atoms with Gasteiger partial charge in [-0.1, -0.05) is 13.0 Å². The minimum absolute atomic E-state index is 0.0330. The van der Waals surface area contributed by atoms with Crippen molar-refractivity contribution in [1.82, 2.24) is 9.55 Å². The van der Waals surface area contributed by atoms with Gasteiger partial charge in [-0.05, 0) is 30.7 Å². The van der Waals surface area contributed by atoms with Crippen molar-refractivity contribution in [1.29, 1.82) is 0 Å². The fourth-order valence-electron chi connectivity index (χ4n) is 4.43. The number of aromatic nitrogens is 2. The summed E-state index contributed by atoms with van der Waals surface area (Å²) in [6.45, 7) is 1.63. The lowest BCUT2D eigenvalue weighted by Gasteiger charge is -2.34. The van der Waals surface area contributed by atoms with E-state index in [1.807, 2.05) is 6.07 Å². The Hall–Kier alpha value is -3.81. The van der Waals surface area contributed by atoms with E-state index in [0.29, 0.717) is 28.0 Å². The second kappa shape index (κ2) is 7.12. The first-order valence-electron chi connectivity index (χ1n) is 9.73. The molecule has 0 amide bonds. The number of hydrogen-bond donors (Lipinski definition) is 0. The number of rotatable bonds is 3. The van der Waals surface area contributed by atoms with E-state index in [4.69, 9.17) is 21.1 Å². The van der Waals surface area contributed by atoms with Crippen LogP contribution in [0.1, 0.15) is 30.0 Å². The summed E-state index contributed by atoms with van der Waals surface area (Å²) in [7, 11) is 0. The molecule has 10 heteroatoms. The molecule has 1 aromatic carbocycles. The minimum Gasteiger partial charge on any atom is -0.457 e. The molecule has 0 radical (unpaired) electrons. The average molecular weight is 452 g/mol. The molecule has 1 atom stereocenters. The molecule has 0 spiro atoms. The van der Waals surface area contributed by atoms with Gasteiger partial charge in [0.1, 0.15) is 6.61 Å². The number of ether oxygens (including phenoxy) is 2. The topological polar surface area (TPSA) is 117 Å². The maximum Gasteiger partial charge on any atom is 0.405 e. The molecule has 2 aliphatic heterocycles. The van der Waals surface area contributed by atoms with Crippen LogP contribution in [0.2, 0.25) is 0 Å². The molecular weight excluding hydrogens is 438 g/mol. The number of carbonyl (C=O) groups excluding carboxylic acids is 3. The molecule has 0 N–H and O–H groups in total. The van der Waals surface area contributed by atoms with Gasteiger partial charge in [-0.25, -0.2) is 19.4 Å². The molecule has 32 heavy (non-hydrogen) atoms. The molecule has 0 saturated carbocycles. The number of nitrogens with zero attached hydrogens (tertiary/aromatic N) is 3. The zero-order valence-electron chi connectivity index (χ0n) is 16.7. The highest BCUT2D eigenvalue weighted by molar-refractivity contribution is 6.61. The monoisotopic (exact) mass is 451 g/mol. The van der Waals surface area contributed by atoms with Gasteiger partial charge in [0.05, 0.1) is 34.7 Å². The summed E-state index contributed by atoms with van der Waals surface area (Å²) in [6, 6.07) is 8.62. The second-order valence-electron chi connectivity index (χ2n) is 7.45. The summed E-state index contributed by atoms with van der Waals surface area (Å²) in [4.78, 5) is 56.8. The molecule has 0 aliphatic carbocycles. The van der Waals surface area contributed by atoms with E-state index in [2.05, 4.69) is 9.98 Å². The third kappa shape index (κ3) is 2.72. The number of hydrogen-bond acceptors (Lipinski definition) is 8. The van der Waals surface area contributed by atoms with Gasteiger partial charge in [0.2, 0.25) is 11.7 Å². The van der Waals surface area contributed by atoms with Gasteiger partial charge in [-0.2, -0.15) is 4.99 Å². The van der Waals surface area contributed by atoms with Gasteiger partial charge in [0, 0.05) is 28.1 Å². The second-order valence-corrected chi connectivity index (χ2v) is 7.76. The highest BCUT2D eigenvalue weighted by atomic mass is 35.5. The SMILES string of the molecule is CCC1(OC(=O)Cl)C(=O)OCc2c1cc1n(c2=O)Cc2cc3c(N=C=O)cccc3nc2-1. The largest absolute Gasteiger partial charge is 0.457 e. The molecule has 3 aromatic rings. The van der Waals surface area contributed by atoms with Crippen molar-refractivity contribution < 1.29 is 23.9 Å². The van der Waals surface area contributed by atoms with Crippen LogP contribution in [0.4, 0.5) is 10.5 Å². The van der Waals surface area contributed by atoms with E-state index in [1.54, 1.807) is 31.2 Å². The predicted octanol–water partition coefficient (Wildman–Crippen LogP) is 3.43. The maximum absolute atomic E-state index is 13.3. The third-order valence-corrected chi connectivity index (χ3v) is 5.99. The molecule has 0 fully saturated rings. The van der Waals surface area contributed by atoms with E-state index >= 15 is 0 Å². The number of esters is 1. The lowest BCUT2D eigenvalue weighted by Crippen LogP contribution is -2.46. The molecular formula is C22H14ClN3O6. The van der Waals surface area contributed by atoms with Gasteiger partial charge in [-0.3, -0.25) is 4.79 Å². The first-order valence-corrected chi connectivity index (χ1v) is 10.1. The Bertz CT molecular complexity index is 1460. The molecule has 0 bridgehead atoms. The zero-order valence-corrected chi connectivity index (χ0v) is 17.4. The molecule has 0 saturated heterocycles. The Morgan fingerprint density at radius 3 is 2.91 bits per heavy atom. The maximum atomic E-state index is 13.3. The zero-order chi connectivity index (χ0) is 22.6. The number of benzene rings is 1. The summed E-state index contributed by atoms with van der Waals surface area (Å²) in [5, 5.41) is 0.651. The summed E-state index contributed by atoms with van der Waals surface area (Å²) in [5.41, 5.74) is -0.125. The average Bonchev–Trinajstić information content (AvgIpc) is 3.13. The normalized spacial score (nSPS) is 18.2. The Balaban J connectivity index is 1.78. The Labute approximate surface area is 185 Å². The van der Waals surface area contributed by atoms with Crippen LogP contribution in [0.3, 0.4) is 0 Å². The van der Waals surface area contributed by atoms with Crippen molar-refractivity contribution in [3.63, 3.8) is 0 Å². The molecule has 4 heterocycles. The van der Waals surface area contributed by atoms with E-state index in [-0.39, 0.29) is 36.3 Å². The van der Waals surface area contributed by atoms with Crippen LogP contribution in [0.5, 0.6) is 0 Å². The Morgan fingerprint density at radius 2 is 2.19 bits per heavy atom. The molecule has 5 rings (SSSR count). The Morgan fingerprint density at radius 1 is 1.38 bits per heavy atom. The van der Waals surface area contributed by atoms with Crippen molar-refractivity contribution in [2.24, 2.45) is 4.99 Å². The Kier molecular flexibility index (Phi) is 4.47. The van der Waals surface area contributed by atoms with Crippen LogP contribution < -0.4 is 5.56 Å². The number of aliphatic imine (C=N–C) groups is 1. The van der Waals surface area contributed by atoms with Gasteiger partial charge >= 0.3 is 11.4 Å². The van der Waals surface area contributed by atoms with E-state index in [9.17, 15) is 19.2 Å². The van der Waals surface area contributed by atoms with Crippen molar-refractivity contribution in [3.8, 4) is 11.4 Å². The van der Waals surface area contributed by atoms with Crippen molar-refractivity contribution in [3.05, 3.63) is 57.4 Å². The fourth-order valence-corrected chi connectivity index (χ4v) is 4.56. The summed E-state index contributed by atoms with van der Waals surface area (Å²) >= 11 is 5.45. The van der Waals surface area contributed by atoms with E-state index < -0.39 is 17.0 Å². The number of carbonyl (C=O) groups is 2. The fraction of sp³-hybridized carbons (Fsp3) is 0.227. The van der Waals surface area contributed by atoms with Crippen LogP contribution >= 0.6 is 11.6 Å². The highest BCUT2D eigenvalue weighted by Gasteiger charge is 2.50. The van der Waals surface area contributed by atoms with Gasteiger partial charge in [-0.15, -0.1) is 0 Å². The minimum atomic E-state index is -1.81. The first-order chi connectivity index (χ1) is 15.4. The van der Waals surface area contributed by atoms with E-state index in [1.165, 1.54) is 10.6 Å². The number of cyclic esters (lactones) is 1. The van der Waals surface area contributed by atoms with Crippen molar-refractivity contribution >= 4 is 45.7 Å². The lowest BCUT2D eigenvalue weighted by molar-refractivity contribution is -0.171. The van der Waals surface area contributed by atoms with E-state index in [0.717, 1.165) is 5.56 Å². The van der Waals surface area contributed by atoms with Crippen LogP contribution in [-0.2, 0) is 37.8 Å². The van der Waals surface area contributed by atoms with Gasteiger partial charge in [0.25, 0.3) is 5.56 Å². The van der Waals surface area contributed by atoms with Crippen molar-refractivity contribution in [2.45, 2.75) is 32.1 Å². The van der Waals surface area contributed by atoms with Crippen LogP contribution in [0.25, 0.3) is 22.3 Å². The first kappa shape index (κ1) is 20.1. The lowest BCUT2D eigenvalue weighted by atomic mass is 9.85. The highest BCUT2D eigenvalue weighted by Crippen LogP contribution is 2.41. The predicted molar refractivity (Wildman–Crippen MR) is 112 cm³/mol. The standard InChI is InChI=1S/C22H14ClN3O6/c1-2-22(32-21(23)30)14-7-17-18-11(8-26(17)19(28)13(14)9-31-20(22)29)6-12-15(24-10-27)4-3-5-16(12)25-18/h3-7H,2,8-9H2,1H3. The molecule has 2 aromatic heterocycles. The number of pyridine rings is 2. The molecule has 2 aliphatic rings. The molecule has 9 nitrogen and oxygen atoms in total. The third-order valence-electron chi connectivity index (χ3n) is 5.92. The van der Waals surface area contributed by atoms with Gasteiger partial charge < -0.3 is 14.0 Å². The van der Waals surface area contributed by atoms with Gasteiger partial charge in [0.15, 0.2) is 0 Å². The quantitative estimate of drug-likeness (QED) is 0.203.